The molecular weight excluding hydrogens is 332 g/mol. The second-order valence-corrected chi connectivity index (χ2v) is 6.93. The first kappa shape index (κ1) is 16.3. The molecule has 0 spiro atoms. The zero-order chi connectivity index (χ0) is 17.3. The fourth-order valence-corrected chi connectivity index (χ4v) is 3.91. The number of aryl methyl sites for hydroxylation is 3. The first-order valence-electron chi connectivity index (χ1n) is 7.18. The average Bonchev–Trinajstić information content (AvgIpc) is 3.12. The molecule has 1 atom stereocenters. The lowest BCUT2D eigenvalue weighted by atomic mass is 10.1. The van der Waals surface area contributed by atoms with Crippen LogP contribution in [-0.4, -0.2) is 23.8 Å². The van der Waals surface area contributed by atoms with Gasteiger partial charge in [-0.05, 0) is 19.4 Å². The van der Waals surface area contributed by atoms with Crippen molar-refractivity contribution in [3.8, 4) is 0 Å². The summed E-state index contributed by atoms with van der Waals surface area (Å²) in [5.41, 5.74) is 0.963. The van der Waals surface area contributed by atoms with Crippen molar-refractivity contribution in [3.05, 3.63) is 59.1 Å². The topological polar surface area (TPSA) is 111 Å². The maximum Gasteiger partial charge on any atom is 0.247 e. The van der Waals surface area contributed by atoms with E-state index in [0.717, 1.165) is 0 Å². The molecule has 0 aliphatic rings. The van der Waals surface area contributed by atoms with Crippen molar-refractivity contribution in [2.24, 2.45) is 0 Å². The zero-order valence-corrected chi connectivity index (χ0v) is 14.2. The fourth-order valence-electron chi connectivity index (χ4n) is 2.41. The Morgan fingerprint density at radius 3 is 2.33 bits per heavy atom. The number of nitrogens with one attached hydrogen (secondary N) is 1. The number of sulfonamides is 1. The summed E-state index contributed by atoms with van der Waals surface area (Å²) in [5.74, 6) is 0.727. The number of nitrogens with zero attached hydrogens (tertiary/aromatic N) is 3. The average molecular weight is 348 g/mol. The minimum absolute atomic E-state index is 0.0136. The van der Waals surface area contributed by atoms with Crippen LogP contribution in [0.1, 0.15) is 34.8 Å². The first-order valence-corrected chi connectivity index (χ1v) is 8.67. The molecule has 0 aliphatic carbocycles. The van der Waals surface area contributed by atoms with Crippen LogP contribution in [0.2, 0.25) is 0 Å². The Balaban J connectivity index is 2.04. The van der Waals surface area contributed by atoms with E-state index in [1.165, 1.54) is 0 Å². The van der Waals surface area contributed by atoms with Gasteiger partial charge in [0.25, 0.3) is 0 Å². The molecule has 9 heteroatoms. The van der Waals surface area contributed by atoms with Gasteiger partial charge >= 0.3 is 0 Å². The molecule has 3 aromatic rings. The molecule has 0 saturated carbocycles. The van der Waals surface area contributed by atoms with Crippen molar-refractivity contribution in [2.45, 2.75) is 31.7 Å². The van der Waals surface area contributed by atoms with Crippen molar-refractivity contribution in [3.63, 3.8) is 0 Å². The number of rotatable bonds is 5. The second-order valence-electron chi connectivity index (χ2n) is 5.28. The van der Waals surface area contributed by atoms with E-state index in [-0.39, 0.29) is 22.2 Å². The molecule has 0 fully saturated rings. The monoisotopic (exact) mass is 348 g/mol. The molecule has 24 heavy (non-hydrogen) atoms. The van der Waals surface area contributed by atoms with Crippen LogP contribution in [0.15, 0.2) is 44.2 Å². The lowest BCUT2D eigenvalue weighted by Gasteiger charge is -2.15. The Bertz CT molecular complexity index is 928. The third-order valence-corrected chi connectivity index (χ3v) is 5.10. The molecule has 0 aliphatic heterocycles. The Kier molecular flexibility index (Phi) is 4.20. The zero-order valence-electron chi connectivity index (χ0n) is 13.3. The minimum Gasteiger partial charge on any atom is -0.423 e. The smallest absolute Gasteiger partial charge is 0.247 e. The predicted octanol–water partition coefficient (Wildman–Crippen LogP) is 2.05. The number of hydrogen-bond donors (Lipinski definition) is 1. The van der Waals surface area contributed by atoms with Gasteiger partial charge in [0.05, 0.1) is 0 Å². The van der Waals surface area contributed by atoms with Crippen LogP contribution in [0.3, 0.4) is 0 Å². The first-order chi connectivity index (χ1) is 11.4. The van der Waals surface area contributed by atoms with Crippen LogP contribution in [-0.2, 0) is 10.0 Å². The molecule has 1 aromatic carbocycles. The van der Waals surface area contributed by atoms with Crippen molar-refractivity contribution < 1.29 is 17.4 Å². The molecule has 0 saturated heterocycles. The van der Waals surface area contributed by atoms with Crippen LogP contribution in [0.5, 0.6) is 0 Å². The molecule has 0 radical (unpaired) electrons. The molecule has 0 amide bonds. The summed E-state index contributed by atoms with van der Waals surface area (Å²) in [7, 11) is -3.90. The third kappa shape index (κ3) is 3.08. The molecule has 3 rings (SSSR count). The fraction of sp³-hybridized carbons (Fsp3) is 0.267. The highest BCUT2D eigenvalue weighted by Gasteiger charge is 2.31. The van der Waals surface area contributed by atoms with Gasteiger partial charge in [0.2, 0.25) is 21.8 Å². The predicted molar refractivity (Wildman–Crippen MR) is 83.6 cm³/mol. The minimum atomic E-state index is -3.90. The maximum absolute atomic E-state index is 12.8. The molecule has 2 aromatic heterocycles. The summed E-state index contributed by atoms with van der Waals surface area (Å²) in [4.78, 5) is 0.0136. The van der Waals surface area contributed by atoms with Crippen molar-refractivity contribution in [1.29, 1.82) is 0 Å². The van der Waals surface area contributed by atoms with E-state index in [4.69, 9.17) is 8.94 Å². The van der Waals surface area contributed by atoms with Crippen LogP contribution >= 0.6 is 0 Å². The van der Waals surface area contributed by atoms with Crippen LogP contribution in [0.25, 0.3) is 0 Å². The summed E-state index contributed by atoms with van der Waals surface area (Å²) in [6.07, 6.45) is 0. The van der Waals surface area contributed by atoms with Gasteiger partial charge in [-0.15, -0.1) is 10.2 Å². The lowest BCUT2D eigenvalue weighted by Crippen LogP contribution is -2.30. The van der Waals surface area contributed by atoms with E-state index in [2.05, 4.69) is 20.1 Å². The molecule has 126 valence electrons. The normalized spacial score (nSPS) is 13.1. The number of benzene rings is 1. The van der Waals surface area contributed by atoms with Gasteiger partial charge in [-0.25, -0.2) is 8.42 Å². The van der Waals surface area contributed by atoms with Crippen LogP contribution in [0.4, 0.5) is 0 Å². The molecule has 1 N–H and O–H groups in total. The molecular formula is C15H16N4O4S. The van der Waals surface area contributed by atoms with Gasteiger partial charge in [0.15, 0.2) is 5.76 Å². The summed E-state index contributed by atoms with van der Waals surface area (Å²) in [6, 6.07) is 8.18. The van der Waals surface area contributed by atoms with Crippen molar-refractivity contribution >= 4 is 10.0 Å². The van der Waals surface area contributed by atoms with Crippen molar-refractivity contribution in [1.82, 2.24) is 20.1 Å². The maximum atomic E-state index is 12.8. The summed E-state index contributed by atoms with van der Waals surface area (Å²) in [6.45, 7) is 4.75. The van der Waals surface area contributed by atoms with Gasteiger partial charge in [0.1, 0.15) is 16.6 Å². The third-order valence-electron chi connectivity index (χ3n) is 3.43. The van der Waals surface area contributed by atoms with E-state index in [0.29, 0.717) is 11.5 Å². The quantitative estimate of drug-likeness (QED) is 0.751. The Hall–Kier alpha value is -2.52. The number of aromatic nitrogens is 3. The Labute approximate surface area is 138 Å². The van der Waals surface area contributed by atoms with E-state index in [1.807, 2.05) is 6.07 Å². The summed E-state index contributed by atoms with van der Waals surface area (Å²) >= 11 is 0. The summed E-state index contributed by atoms with van der Waals surface area (Å²) in [5, 5.41) is 11.4. The van der Waals surface area contributed by atoms with Gasteiger partial charge in [-0.3, -0.25) is 0 Å². The molecule has 8 nitrogen and oxygen atoms in total. The Morgan fingerprint density at radius 2 is 1.79 bits per heavy atom. The second kappa shape index (κ2) is 6.17. The highest BCUT2D eigenvalue weighted by Crippen LogP contribution is 2.26. The van der Waals surface area contributed by atoms with E-state index < -0.39 is 16.1 Å². The van der Waals surface area contributed by atoms with Crippen LogP contribution < -0.4 is 4.72 Å². The van der Waals surface area contributed by atoms with E-state index in [1.54, 1.807) is 45.0 Å². The number of hydrogen-bond acceptors (Lipinski definition) is 7. The van der Waals surface area contributed by atoms with Gasteiger partial charge in [0, 0.05) is 6.92 Å². The van der Waals surface area contributed by atoms with Gasteiger partial charge in [-0.1, -0.05) is 35.5 Å². The van der Waals surface area contributed by atoms with E-state index >= 15 is 0 Å². The van der Waals surface area contributed by atoms with Gasteiger partial charge < -0.3 is 8.94 Å². The lowest BCUT2D eigenvalue weighted by molar-refractivity contribution is 0.390. The van der Waals surface area contributed by atoms with E-state index in [9.17, 15) is 8.42 Å². The largest absolute Gasteiger partial charge is 0.423 e. The Morgan fingerprint density at radius 1 is 1.08 bits per heavy atom. The molecule has 0 bridgehead atoms. The standard InChI is InChI=1S/C15H16N4O4S/c1-9-14(10(2)23-18-9)24(20,21)19-13(12-7-5-4-6-8-12)15-17-16-11(3)22-15/h4-8,13,19H,1-3H3. The van der Waals surface area contributed by atoms with Crippen molar-refractivity contribution in [2.75, 3.05) is 0 Å². The SMILES string of the molecule is Cc1nnc(C(NS(=O)(=O)c2c(C)noc2C)c2ccccc2)o1. The molecule has 2 heterocycles. The highest BCUT2D eigenvalue weighted by molar-refractivity contribution is 7.89. The van der Waals surface area contributed by atoms with Gasteiger partial charge in [-0.2, -0.15) is 4.72 Å². The molecule has 1 unspecified atom stereocenters. The van der Waals surface area contributed by atoms with Crippen LogP contribution in [0, 0.1) is 20.8 Å². The summed E-state index contributed by atoms with van der Waals surface area (Å²) < 4.78 is 38.6. The highest BCUT2D eigenvalue weighted by atomic mass is 32.2.